The lowest BCUT2D eigenvalue weighted by molar-refractivity contribution is -0.146. The van der Waals surface area contributed by atoms with Gasteiger partial charge in [-0.05, 0) is 44.0 Å². The Hall–Kier alpha value is -1.81. The molecule has 2 unspecified atom stereocenters. The highest BCUT2D eigenvalue weighted by atomic mass is 16.4. The van der Waals surface area contributed by atoms with Gasteiger partial charge in [0.15, 0.2) is 0 Å². The van der Waals surface area contributed by atoms with E-state index in [9.17, 15) is 9.90 Å². The molecule has 1 aliphatic rings. The third-order valence-electron chi connectivity index (χ3n) is 4.07. The summed E-state index contributed by atoms with van der Waals surface area (Å²) in [6.45, 7) is 0.948. The number of hydrogen-bond acceptors (Lipinski definition) is 2. The van der Waals surface area contributed by atoms with Crippen LogP contribution in [-0.2, 0) is 4.79 Å². The number of aromatic nitrogens is 1. The fourth-order valence-electron chi connectivity index (χ4n) is 3.13. The van der Waals surface area contributed by atoms with Crippen molar-refractivity contribution in [3.8, 4) is 0 Å². The second-order valence-corrected chi connectivity index (χ2v) is 5.32. The lowest BCUT2D eigenvalue weighted by Crippen LogP contribution is -2.39. The maximum absolute atomic E-state index is 11.5. The summed E-state index contributed by atoms with van der Waals surface area (Å²) in [5, 5.41) is 10.6. The molecule has 100 valence electrons. The van der Waals surface area contributed by atoms with Gasteiger partial charge in [0.2, 0.25) is 0 Å². The summed E-state index contributed by atoms with van der Waals surface area (Å²) in [6, 6.07) is 10.1. The molecule has 1 aromatic carbocycles. The van der Waals surface area contributed by atoms with E-state index >= 15 is 0 Å². The van der Waals surface area contributed by atoms with Gasteiger partial charge < -0.3 is 10.1 Å². The third kappa shape index (κ3) is 2.12. The molecule has 0 saturated carbocycles. The first-order chi connectivity index (χ1) is 9.16. The Labute approximate surface area is 112 Å². The number of para-hydroxylation sites is 1. The number of nitrogens with zero attached hydrogens (tertiary/aromatic N) is 1. The summed E-state index contributed by atoms with van der Waals surface area (Å²) < 4.78 is 0. The van der Waals surface area contributed by atoms with E-state index < -0.39 is 5.97 Å². The first-order valence-electron chi connectivity index (χ1n) is 6.67. The van der Waals surface area contributed by atoms with Crippen LogP contribution in [0.15, 0.2) is 30.3 Å². The van der Waals surface area contributed by atoms with E-state index in [2.05, 4.69) is 16.0 Å². The van der Waals surface area contributed by atoms with Crippen LogP contribution >= 0.6 is 0 Å². The Morgan fingerprint density at radius 2 is 2.21 bits per heavy atom. The Balaban J connectivity index is 2.03. The first-order valence-corrected chi connectivity index (χ1v) is 6.67. The van der Waals surface area contributed by atoms with Crippen molar-refractivity contribution in [2.75, 3.05) is 13.6 Å². The highest BCUT2D eigenvalue weighted by Gasteiger charge is 2.36. The number of fused-ring (bicyclic) bond motifs is 1. The highest BCUT2D eigenvalue weighted by Crippen LogP contribution is 2.35. The predicted molar refractivity (Wildman–Crippen MR) is 74.0 cm³/mol. The van der Waals surface area contributed by atoms with Crippen LogP contribution in [0.4, 0.5) is 0 Å². The molecule has 2 heterocycles. The van der Waals surface area contributed by atoms with E-state index in [0.29, 0.717) is 0 Å². The van der Waals surface area contributed by atoms with Crippen molar-refractivity contribution in [1.82, 2.24) is 9.88 Å². The first kappa shape index (κ1) is 12.2. The number of aromatic amines is 1. The van der Waals surface area contributed by atoms with Crippen molar-refractivity contribution < 1.29 is 9.90 Å². The number of aliphatic carboxylic acids is 1. The molecular formula is C15H18N2O2. The van der Waals surface area contributed by atoms with Crippen molar-refractivity contribution >= 4 is 16.9 Å². The van der Waals surface area contributed by atoms with Crippen LogP contribution in [-0.4, -0.2) is 34.6 Å². The zero-order valence-electron chi connectivity index (χ0n) is 11.0. The molecule has 1 fully saturated rings. The molecule has 19 heavy (non-hydrogen) atoms. The van der Waals surface area contributed by atoms with Crippen molar-refractivity contribution in [1.29, 1.82) is 0 Å². The second-order valence-electron chi connectivity index (χ2n) is 5.32. The zero-order chi connectivity index (χ0) is 13.4. The van der Waals surface area contributed by atoms with Crippen LogP contribution in [0.1, 0.15) is 24.6 Å². The van der Waals surface area contributed by atoms with Gasteiger partial charge in [-0.2, -0.15) is 0 Å². The third-order valence-corrected chi connectivity index (χ3v) is 4.07. The summed E-state index contributed by atoms with van der Waals surface area (Å²) in [7, 11) is 2.01. The van der Waals surface area contributed by atoms with Crippen LogP contribution in [0.25, 0.3) is 10.9 Å². The number of nitrogens with one attached hydrogen (secondary N) is 1. The lowest BCUT2D eigenvalue weighted by Gasteiger charge is -2.36. The molecule has 0 amide bonds. The van der Waals surface area contributed by atoms with E-state index in [0.717, 1.165) is 36.0 Å². The zero-order valence-corrected chi connectivity index (χ0v) is 11.0. The largest absolute Gasteiger partial charge is 0.481 e. The van der Waals surface area contributed by atoms with Gasteiger partial charge in [-0.3, -0.25) is 9.69 Å². The Kier molecular flexibility index (Phi) is 3.03. The molecule has 1 saturated heterocycles. The minimum absolute atomic E-state index is 0.0568. The van der Waals surface area contributed by atoms with Gasteiger partial charge in [-0.1, -0.05) is 18.2 Å². The number of piperidine rings is 1. The topological polar surface area (TPSA) is 56.3 Å². The highest BCUT2D eigenvalue weighted by molar-refractivity contribution is 5.81. The number of carbonyl (C=O) groups is 1. The van der Waals surface area contributed by atoms with Crippen LogP contribution in [0, 0.1) is 5.92 Å². The average Bonchev–Trinajstić information content (AvgIpc) is 2.81. The minimum Gasteiger partial charge on any atom is -0.481 e. The summed E-state index contributed by atoms with van der Waals surface area (Å²) >= 11 is 0. The van der Waals surface area contributed by atoms with E-state index in [1.54, 1.807) is 0 Å². The average molecular weight is 258 g/mol. The van der Waals surface area contributed by atoms with Gasteiger partial charge in [0.05, 0.1) is 12.0 Å². The molecule has 4 nitrogen and oxygen atoms in total. The molecule has 2 atom stereocenters. The number of carboxylic acid groups (broad SMARTS) is 1. The maximum atomic E-state index is 11.5. The van der Waals surface area contributed by atoms with Gasteiger partial charge in [0, 0.05) is 11.2 Å². The van der Waals surface area contributed by atoms with Gasteiger partial charge in [-0.15, -0.1) is 0 Å². The number of likely N-dealkylation sites (tertiary alicyclic amines) is 1. The molecule has 0 radical (unpaired) electrons. The summed E-state index contributed by atoms with van der Waals surface area (Å²) in [5.74, 6) is -1.03. The van der Waals surface area contributed by atoms with Crippen LogP contribution in [0.3, 0.4) is 0 Å². The number of hydrogen-bond donors (Lipinski definition) is 2. The quantitative estimate of drug-likeness (QED) is 0.870. The normalized spacial score (nSPS) is 24.7. The number of benzene rings is 1. The fourth-order valence-corrected chi connectivity index (χ4v) is 3.13. The number of H-pyrrole nitrogens is 1. The van der Waals surface area contributed by atoms with Crippen LogP contribution in [0.2, 0.25) is 0 Å². The van der Waals surface area contributed by atoms with Crippen molar-refractivity contribution in [2.24, 2.45) is 5.92 Å². The van der Waals surface area contributed by atoms with Crippen LogP contribution < -0.4 is 0 Å². The smallest absolute Gasteiger partial charge is 0.308 e. The molecule has 3 rings (SSSR count). The van der Waals surface area contributed by atoms with E-state index in [-0.39, 0.29) is 12.0 Å². The number of carboxylic acids is 1. The van der Waals surface area contributed by atoms with Crippen LogP contribution in [0.5, 0.6) is 0 Å². The van der Waals surface area contributed by atoms with E-state index in [1.165, 1.54) is 0 Å². The van der Waals surface area contributed by atoms with Gasteiger partial charge in [0.25, 0.3) is 0 Å². The second kappa shape index (κ2) is 4.70. The molecule has 0 aliphatic carbocycles. The lowest BCUT2D eigenvalue weighted by atomic mass is 9.87. The molecule has 0 spiro atoms. The predicted octanol–water partition coefficient (Wildman–Crippen LogP) is 2.64. The summed E-state index contributed by atoms with van der Waals surface area (Å²) in [6.07, 6.45) is 1.70. The van der Waals surface area contributed by atoms with Gasteiger partial charge in [-0.25, -0.2) is 0 Å². The SMILES string of the molecule is CN1CCCC(C(=O)O)C1c1cc2ccccc2[nH]1. The Morgan fingerprint density at radius 1 is 1.42 bits per heavy atom. The van der Waals surface area contributed by atoms with Crippen molar-refractivity contribution in [2.45, 2.75) is 18.9 Å². The fraction of sp³-hybridized carbons (Fsp3) is 0.400. The van der Waals surface area contributed by atoms with Crippen molar-refractivity contribution in [3.63, 3.8) is 0 Å². The number of rotatable bonds is 2. The minimum atomic E-state index is -0.699. The van der Waals surface area contributed by atoms with E-state index in [1.807, 2.05) is 31.3 Å². The van der Waals surface area contributed by atoms with Gasteiger partial charge in [0.1, 0.15) is 0 Å². The summed E-state index contributed by atoms with van der Waals surface area (Å²) in [5.41, 5.74) is 2.08. The molecule has 4 heteroatoms. The molecule has 1 aliphatic heterocycles. The van der Waals surface area contributed by atoms with E-state index in [4.69, 9.17) is 0 Å². The van der Waals surface area contributed by atoms with Gasteiger partial charge >= 0.3 is 5.97 Å². The maximum Gasteiger partial charge on any atom is 0.308 e. The summed E-state index contributed by atoms with van der Waals surface area (Å²) in [4.78, 5) is 17.0. The Bertz CT molecular complexity index is 572. The monoisotopic (exact) mass is 258 g/mol. The molecular weight excluding hydrogens is 240 g/mol. The molecule has 2 aromatic rings. The molecule has 1 aromatic heterocycles. The van der Waals surface area contributed by atoms with Crippen molar-refractivity contribution in [3.05, 3.63) is 36.0 Å². The standard InChI is InChI=1S/C15H18N2O2/c1-17-8-4-6-11(15(18)19)14(17)13-9-10-5-2-3-7-12(10)16-13/h2-3,5,7,9,11,14,16H,4,6,8H2,1H3,(H,18,19). The Morgan fingerprint density at radius 3 is 2.95 bits per heavy atom. The molecule has 0 bridgehead atoms. The molecule has 2 N–H and O–H groups in total.